The van der Waals surface area contributed by atoms with Crippen molar-refractivity contribution in [2.45, 2.75) is 30.4 Å². The number of rotatable bonds is 10. The van der Waals surface area contributed by atoms with Gasteiger partial charge < -0.3 is 9.47 Å². The maximum absolute atomic E-state index is 13.4. The first-order valence-electron chi connectivity index (χ1n) is 13.3. The van der Waals surface area contributed by atoms with Crippen molar-refractivity contribution in [1.82, 2.24) is 24.2 Å². The minimum Gasteiger partial charge on any atom is -0.340 e. The number of halogens is 2. The summed E-state index contributed by atoms with van der Waals surface area (Å²) in [5, 5.41) is 5.28. The molecule has 0 atom stereocenters. The molecule has 0 radical (unpaired) electrons. The van der Waals surface area contributed by atoms with E-state index >= 15 is 0 Å². The lowest BCUT2D eigenvalue weighted by molar-refractivity contribution is -0.131. The van der Waals surface area contributed by atoms with E-state index in [0.717, 1.165) is 27.8 Å². The van der Waals surface area contributed by atoms with Crippen LogP contribution in [-0.2, 0) is 37.1 Å². The summed E-state index contributed by atoms with van der Waals surface area (Å²) in [6.45, 7) is 0.430. The first-order valence-corrected chi connectivity index (χ1v) is 14.6. The number of hydrogen-bond acceptors (Lipinski definition) is 5. The predicted molar refractivity (Wildman–Crippen MR) is 164 cm³/mol. The molecule has 0 saturated heterocycles. The average Bonchev–Trinajstić information content (AvgIpc) is 3.39. The van der Waals surface area contributed by atoms with Crippen molar-refractivity contribution >= 4 is 29.3 Å². The zero-order valence-electron chi connectivity index (χ0n) is 23.2. The number of carbonyl (C=O) groups excluding carboxylic acids is 1. The maximum Gasteiger partial charge on any atom is 0.277 e. The molecule has 0 N–H and O–H groups in total. The number of hydrogen-bond donors (Lipinski definition) is 0. The minimum absolute atomic E-state index is 0.0101. The van der Waals surface area contributed by atoms with E-state index in [1.54, 1.807) is 45.7 Å². The Labute approximate surface area is 252 Å². The molecular formula is C32H29ClFN5O2S. The first-order chi connectivity index (χ1) is 20.2. The van der Waals surface area contributed by atoms with Crippen molar-refractivity contribution < 1.29 is 9.18 Å². The summed E-state index contributed by atoms with van der Waals surface area (Å²) in [5.74, 6) is 0.0270. The molecule has 5 rings (SSSR count). The lowest BCUT2D eigenvalue weighted by Crippen LogP contribution is -2.31. The van der Waals surface area contributed by atoms with E-state index < -0.39 is 0 Å². The third-order valence-electron chi connectivity index (χ3n) is 6.73. The number of thioether (sulfide) groups is 1. The summed E-state index contributed by atoms with van der Waals surface area (Å²) in [7, 11) is 3.57. The van der Waals surface area contributed by atoms with Crippen molar-refractivity contribution in [2.24, 2.45) is 7.05 Å². The number of carbonyl (C=O) groups is 1. The third kappa shape index (κ3) is 7.54. The Morgan fingerprint density at radius 3 is 2.40 bits per heavy atom. The van der Waals surface area contributed by atoms with Gasteiger partial charge in [0.25, 0.3) is 5.56 Å². The van der Waals surface area contributed by atoms with Gasteiger partial charge in [-0.2, -0.15) is 10.1 Å². The van der Waals surface area contributed by atoms with Crippen LogP contribution in [0.1, 0.15) is 22.3 Å². The fourth-order valence-corrected chi connectivity index (χ4v) is 5.59. The molecule has 0 bridgehead atoms. The molecule has 0 unspecified atom stereocenters. The highest BCUT2D eigenvalue weighted by Crippen LogP contribution is 2.24. The minimum atomic E-state index is -0.350. The normalized spacial score (nSPS) is 11.0. The maximum atomic E-state index is 13.4. The van der Waals surface area contributed by atoms with Crippen LogP contribution in [0.2, 0.25) is 5.02 Å². The molecule has 7 nitrogen and oxygen atoms in total. The largest absolute Gasteiger partial charge is 0.340 e. The SMILES string of the molecule is CN(Cc1ccc(-c2cccc(Cl)c2)cc1)C(=O)Cn1cc(Cc2cnn(C)c2)c(=O)nc1SCc1ccc(F)cc1. The van der Waals surface area contributed by atoms with Gasteiger partial charge in [0.2, 0.25) is 5.91 Å². The topological polar surface area (TPSA) is 73.0 Å². The Hall–Kier alpha value is -4.21. The van der Waals surface area contributed by atoms with Gasteiger partial charge >= 0.3 is 0 Å². The summed E-state index contributed by atoms with van der Waals surface area (Å²) < 4.78 is 16.8. The predicted octanol–water partition coefficient (Wildman–Crippen LogP) is 5.98. The van der Waals surface area contributed by atoms with Crippen LogP contribution in [0.25, 0.3) is 11.1 Å². The zero-order valence-corrected chi connectivity index (χ0v) is 24.8. The lowest BCUT2D eigenvalue weighted by Gasteiger charge is -2.20. The average molecular weight is 602 g/mol. The molecule has 42 heavy (non-hydrogen) atoms. The van der Waals surface area contributed by atoms with E-state index in [1.165, 1.54) is 23.9 Å². The van der Waals surface area contributed by atoms with Crippen LogP contribution < -0.4 is 5.56 Å². The molecular weight excluding hydrogens is 573 g/mol. The molecule has 2 heterocycles. The van der Waals surface area contributed by atoms with E-state index in [2.05, 4.69) is 10.1 Å². The highest BCUT2D eigenvalue weighted by Gasteiger charge is 2.16. The third-order valence-corrected chi connectivity index (χ3v) is 8.02. The van der Waals surface area contributed by atoms with E-state index in [0.29, 0.717) is 34.5 Å². The van der Waals surface area contributed by atoms with Crippen LogP contribution >= 0.6 is 23.4 Å². The fourth-order valence-electron chi connectivity index (χ4n) is 4.48. The van der Waals surface area contributed by atoms with Gasteiger partial charge in [-0.3, -0.25) is 14.3 Å². The van der Waals surface area contributed by atoms with E-state index in [4.69, 9.17) is 11.6 Å². The fraction of sp³-hybridized carbons (Fsp3) is 0.188. The molecule has 0 aliphatic heterocycles. The number of nitrogens with zero attached hydrogens (tertiary/aromatic N) is 5. The molecule has 0 fully saturated rings. The number of benzene rings is 3. The monoisotopic (exact) mass is 601 g/mol. The second kappa shape index (κ2) is 13.2. The van der Waals surface area contributed by atoms with E-state index in [1.807, 2.05) is 61.8 Å². The molecule has 1 amide bonds. The van der Waals surface area contributed by atoms with Gasteiger partial charge in [0.05, 0.1) is 6.20 Å². The van der Waals surface area contributed by atoms with Crippen molar-refractivity contribution in [3.63, 3.8) is 0 Å². The lowest BCUT2D eigenvalue weighted by atomic mass is 10.0. The van der Waals surface area contributed by atoms with Gasteiger partial charge in [-0.05, 0) is 52.1 Å². The van der Waals surface area contributed by atoms with Crippen molar-refractivity contribution in [2.75, 3.05) is 7.05 Å². The number of amides is 1. The molecule has 0 aliphatic carbocycles. The number of aryl methyl sites for hydroxylation is 1. The van der Waals surface area contributed by atoms with Crippen LogP contribution in [0.4, 0.5) is 4.39 Å². The van der Waals surface area contributed by atoms with Crippen LogP contribution in [0.15, 0.2) is 101 Å². The van der Waals surface area contributed by atoms with Gasteiger partial charge in [0.1, 0.15) is 12.4 Å². The Morgan fingerprint density at radius 2 is 1.71 bits per heavy atom. The van der Waals surface area contributed by atoms with Gasteiger partial charge in [0, 0.05) is 55.8 Å². The first kappa shape index (κ1) is 29.3. The molecule has 2 aromatic heterocycles. The Balaban J connectivity index is 1.33. The van der Waals surface area contributed by atoms with E-state index in [9.17, 15) is 14.0 Å². The van der Waals surface area contributed by atoms with Crippen LogP contribution in [0, 0.1) is 5.82 Å². The zero-order chi connectivity index (χ0) is 29.6. The molecule has 5 aromatic rings. The molecule has 10 heteroatoms. The van der Waals surface area contributed by atoms with Crippen molar-refractivity contribution in [1.29, 1.82) is 0 Å². The summed E-state index contributed by atoms with van der Waals surface area (Å²) in [6.07, 6.45) is 5.61. The standard InChI is InChI=1S/C32H29ClFN5O2S/c1-37(17-22-6-10-25(11-7-22)26-4-3-5-28(33)15-26)30(40)20-39-19-27(14-24-16-35-38(2)18-24)31(41)36-32(39)42-21-23-8-12-29(34)13-9-23/h3-13,15-16,18-19H,14,17,20-21H2,1-2H3. The van der Waals surface area contributed by atoms with Crippen LogP contribution in [-0.4, -0.2) is 37.2 Å². The smallest absolute Gasteiger partial charge is 0.277 e. The Morgan fingerprint density at radius 1 is 0.976 bits per heavy atom. The Bertz CT molecular complexity index is 1750. The van der Waals surface area contributed by atoms with Crippen LogP contribution in [0.3, 0.4) is 0 Å². The highest BCUT2D eigenvalue weighted by atomic mass is 35.5. The van der Waals surface area contributed by atoms with Gasteiger partial charge in [-0.1, -0.05) is 71.9 Å². The van der Waals surface area contributed by atoms with Gasteiger partial charge in [-0.15, -0.1) is 0 Å². The summed E-state index contributed by atoms with van der Waals surface area (Å²) in [5.41, 5.74) is 4.93. The molecule has 0 saturated carbocycles. The van der Waals surface area contributed by atoms with Gasteiger partial charge in [0.15, 0.2) is 5.16 Å². The van der Waals surface area contributed by atoms with Crippen LogP contribution in [0.5, 0.6) is 0 Å². The van der Waals surface area contributed by atoms with E-state index in [-0.39, 0.29) is 23.8 Å². The number of likely N-dealkylation sites (N-methyl/N-ethyl adjacent to an activating group) is 1. The molecule has 0 spiro atoms. The molecule has 214 valence electrons. The highest BCUT2D eigenvalue weighted by molar-refractivity contribution is 7.98. The summed E-state index contributed by atoms with van der Waals surface area (Å²) in [6, 6.07) is 21.9. The van der Waals surface area contributed by atoms with Gasteiger partial charge in [-0.25, -0.2) is 4.39 Å². The quantitative estimate of drug-likeness (QED) is 0.145. The second-order valence-corrected chi connectivity index (χ2v) is 11.4. The molecule has 0 aliphatic rings. The Kier molecular flexibility index (Phi) is 9.19. The second-order valence-electron chi connectivity index (χ2n) is 10.1. The molecule has 3 aromatic carbocycles. The summed E-state index contributed by atoms with van der Waals surface area (Å²) in [4.78, 5) is 32.3. The summed E-state index contributed by atoms with van der Waals surface area (Å²) >= 11 is 7.47. The van der Waals surface area contributed by atoms with Crippen molar-refractivity contribution in [3.8, 4) is 11.1 Å². The number of aromatic nitrogens is 4. The van der Waals surface area contributed by atoms with Crippen molar-refractivity contribution in [3.05, 3.63) is 135 Å².